The van der Waals surface area contributed by atoms with Crippen LogP contribution in [-0.2, 0) is 4.74 Å². The molecular formula is C14H18N2O2. The molecule has 4 heteroatoms. The standard InChI is InChI=1S/C14H18N2O2/c1-8-3-2-4-10(13(8)15)14(17)16-11-7-9-5-6-12(11)18-9/h2-4,9,11-12H,5-7,15H2,1H3,(H,16,17). The molecule has 1 aromatic rings. The Kier molecular flexibility index (Phi) is 2.74. The maximum atomic E-state index is 12.2. The number of amides is 1. The summed E-state index contributed by atoms with van der Waals surface area (Å²) in [6.45, 7) is 1.91. The van der Waals surface area contributed by atoms with E-state index in [1.165, 1.54) is 0 Å². The normalized spacial score (nSPS) is 29.5. The molecule has 4 nitrogen and oxygen atoms in total. The number of carbonyl (C=O) groups excluding carboxylic acids is 1. The lowest BCUT2D eigenvalue weighted by Gasteiger charge is -2.20. The summed E-state index contributed by atoms with van der Waals surface area (Å²) in [5.41, 5.74) is 8.01. The number of ether oxygens (including phenoxy) is 1. The van der Waals surface area contributed by atoms with E-state index in [-0.39, 0.29) is 18.1 Å². The fourth-order valence-corrected chi connectivity index (χ4v) is 2.91. The molecule has 3 N–H and O–H groups in total. The molecule has 3 atom stereocenters. The van der Waals surface area contributed by atoms with Crippen LogP contribution in [0.5, 0.6) is 0 Å². The lowest BCUT2D eigenvalue weighted by atomic mass is 9.95. The summed E-state index contributed by atoms with van der Waals surface area (Å²) in [4.78, 5) is 12.2. The minimum Gasteiger partial charge on any atom is -0.398 e. The number of hydrogen-bond acceptors (Lipinski definition) is 3. The predicted octanol–water partition coefficient (Wildman–Crippen LogP) is 1.63. The number of rotatable bonds is 2. The third-order valence-electron chi connectivity index (χ3n) is 3.99. The number of nitrogens with two attached hydrogens (primary N) is 1. The first-order valence-corrected chi connectivity index (χ1v) is 6.46. The van der Waals surface area contributed by atoms with E-state index in [9.17, 15) is 4.79 Å². The summed E-state index contributed by atoms with van der Waals surface area (Å²) < 4.78 is 5.73. The van der Waals surface area contributed by atoms with Crippen LogP contribution in [0.25, 0.3) is 0 Å². The summed E-state index contributed by atoms with van der Waals surface area (Å²) in [6.07, 6.45) is 3.66. The van der Waals surface area contributed by atoms with Gasteiger partial charge in [-0.15, -0.1) is 0 Å². The van der Waals surface area contributed by atoms with Crippen LogP contribution in [0.4, 0.5) is 5.69 Å². The number of para-hydroxylation sites is 1. The third-order valence-corrected chi connectivity index (χ3v) is 3.99. The highest BCUT2D eigenvalue weighted by atomic mass is 16.5. The molecule has 0 spiro atoms. The van der Waals surface area contributed by atoms with Gasteiger partial charge in [-0.1, -0.05) is 12.1 Å². The molecule has 18 heavy (non-hydrogen) atoms. The largest absolute Gasteiger partial charge is 0.398 e. The van der Waals surface area contributed by atoms with E-state index in [0.717, 1.165) is 24.8 Å². The zero-order valence-electron chi connectivity index (χ0n) is 10.5. The number of anilines is 1. The van der Waals surface area contributed by atoms with Gasteiger partial charge in [0.05, 0.1) is 23.8 Å². The Bertz CT molecular complexity index is 487. The summed E-state index contributed by atoms with van der Waals surface area (Å²) in [5, 5.41) is 3.05. The maximum Gasteiger partial charge on any atom is 0.253 e. The van der Waals surface area contributed by atoms with Crippen molar-refractivity contribution in [2.75, 3.05) is 5.73 Å². The molecule has 96 valence electrons. The molecule has 3 rings (SSSR count). The van der Waals surface area contributed by atoms with Crippen molar-refractivity contribution in [1.82, 2.24) is 5.32 Å². The topological polar surface area (TPSA) is 64.3 Å². The lowest BCUT2D eigenvalue weighted by molar-refractivity contribution is 0.0841. The highest BCUT2D eigenvalue weighted by Gasteiger charge is 2.41. The van der Waals surface area contributed by atoms with Crippen LogP contribution in [-0.4, -0.2) is 24.2 Å². The molecular weight excluding hydrogens is 228 g/mol. The Morgan fingerprint density at radius 3 is 2.94 bits per heavy atom. The van der Waals surface area contributed by atoms with E-state index in [2.05, 4.69) is 5.32 Å². The van der Waals surface area contributed by atoms with Gasteiger partial charge in [0.1, 0.15) is 0 Å². The van der Waals surface area contributed by atoms with Crippen molar-refractivity contribution in [3.05, 3.63) is 29.3 Å². The Balaban J connectivity index is 1.73. The number of carbonyl (C=O) groups is 1. The van der Waals surface area contributed by atoms with Crippen LogP contribution < -0.4 is 11.1 Å². The zero-order valence-corrected chi connectivity index (χ0v) is 10.5. The molecule has 0 radical (unpaired) electrons. The molecule has 2 aliphatic rings. The van der Waals surface area contributed by atoms with E-state index in [4.69, 9.17) is 10.5 Å². The van der Waals surface area contributed by atoms with Gasteiger partial charge in [-0.05, 0) is 37.8 Å². The first-order valence-electron chi connectivity index (χ1n) is 6.46. The maximum absolute atomic E-state index is 12.2. The number of fused-ring (bicyclic) bond motifs is 2. The van der Waals surface area contributed by atoms with Gasteiger partial charge < -0.3 is 15.8 Å². The predicted molar refractivity (Wildman–Crippen MR) is 69.4 cm³/mol. The van der Waals surface area contributed by atoms with Crippen molar-refractivity contribution in [1.29, 1.82) is 0 Å². The second-order valence-corrected chi connectivity index (χ2v) is 5.23. The van der Waals surface area contributed by atoms with E-state index in [1.54, 1.807) is 6.07 Å². The summed E-state index contributed by atoms with van der Waals surface area (Å²) >= 11 is 0. The van der Waals surface area contributed by atoms with Gasteiger partial charge >= 0.3 is 0 Å². The van der Waals surface area contributed by atoms with Gasteiger partial charge in [-0.3, -0.25) is 4.79 Å². The minimum atomic E-state index is -0.0858. The van der Waals surface area contributed by atoms with Crippen molar-refractivity contribution in [2.45, 2.75) is 44.4 Å². The van der Waals surface area contributed by atoms with Gasteiger partial charge in [0.2, 0.25) is 0 Å². The Hall–Kier alpha value is -1.55. The van der Waals surface area contributed by atoms with Gasteiger partial charge in [-0.25, -0.2) is 0 Å². The highest BCUT2D eigenvalue weighted by molar-refractivity contribution is 5.99. The van der Waals surface area contributed by atoms with Gasteiger partial charge in [0.25, 0.3) is 5.91 Å². The number of benzene rings is 1. The summed E-state index contributed by atoms with van der Waals surface area (Å²) in [6, 6.07) is 5.69. The van der Waals surface area contributed by atoms with E-state index < -0.39 is 0 Å². The van der Waals surface area contributed by atoms with Crippen molar-refractivity contribution >= 4 is 11.6 Å². The Morgan fingerprint density at radius 2 is 2.28 bits per heavy atom. The van der Waals surface area contributed by atoms with Crippen molar-refractivity contribution < 1.29 is 9.53 Å². The third kappa shape index (κ3) is 1.86. The number of nitrogens with one attached hydrogen (secondary N) is 1. The van der Waals surface area contributed by atoms with Crippen LogP contribution >= 0.6 is 0 Å². The number of nitrogen functional groups attached to an aromatic ring is 1. The Morgan fingerprint density at radius 1 is 1.44 bits per heavy atom. The average Bonchev–Trinajstić information content (AvgIpc) is 2.94. The monoisotopic (exact) mass is 246 g/mol. The van der Waals surface area contributed by atoms with Crippen LogP contribution in [0, 0.1) is 6.92 Å². The molecule has 0 aromatic heterocycles. The first-order chi connectivity index (χ1) is 8.65. The molecule has 1 aromatic carbocycles. The smallest absolute Gasteiger partial charge is 0.253 e. The fraction of sp³-hybridized carbons (Fsp3) is 0.500. The van der Waals surface area contributed by atoms with E-state index in [1.807, 2.05) is 19.1 Å². The fourth-order valence-electron chi connectivity index (χ4n) is 2.91. The van der Waals surface area contributed by atoms with Crippen LogP contribution in [0.1, 0.15) is 35.2 Å². The zero-order chi connectivity index (χ0) is 12.7. The summed E-state index contributed by atoms with van der Waals surface area (Å²) in [5.74, 6) is -0.0858. The van der Waals surface area contributed by atoms with Gasteiger partial charge in [0, 0.05) is 5.69 Å². The molecule has 0 saturated carbocycles. The minimum absolute atomic E-state index is 0.0858. The lowest BCUT2D eigenvalue weighted by Crippen LogP contribution is -2.41. The second kappa shape index (κ2) is 4.28. The SMILES string of the molecule is Cc1cccc(C(=O)NC2CC3CCC2O3)c1N. The number of aryl methyl sites for hydroxylation is 1. The van der Waals surface area contributed by atoms with Crippen molar-refractivity contribution in [2.24, 2.45) is 0 Å². The molecule has 2 saturated heterocycles. The van der Waals surface area contributed by atoms with Gasteiger partial charge in [0.15, 0.2) is 0 Å². The van der Waals surface area contributed by atoms with Gasteiger partial charge in [-0.2, -0.15) is 0 Å². The molecule has 2 bridgehead atoms. The van der Waals surface area contributed by atoms with Crippen LogP contribution in [0.15, 0.2) is 18.2 Å². The average molecular weight is 246 g/mol. The molecule has 2 heterocycles. The van der Waals surface area contributed by atoms with Crippen molar-refractivity contribution in [3.63, 3.8) is 0 Å². The van der Waals surface area contributed by atoms with Crippen LogP contribution in [0.3, 0.4) is 0 Å². The Labute approximate surface area is 107 Å². The molecule has 2 aliphatic heterocycles. The quantitative estimate of drug-likeness (QED) is 0.779. The van der Waals surface area contributed by atoms with E-state index >= 15 is 0 Å². The molecule has 1 amide bonds. The molecule has 0 aliphatic carbocycles. The molecule has 3 unspecified atom stereocenters. The first kappa shape index (κ1) is 11.5. The second-order valence-electron chi connectivity index (χ2n) is 5.23. The van der Waals surface area contributed by atoms with Crippen molar-refractivity contribution in [3.8, 4) is 0 Å². The molecule has 2 fully saturated rings. The van der Waals surface area contributed by atoms with E-state index in [0.29, 0.717) is 17.4 Å². The summed E-state index contributed by atoms with van der Waals surface area (Å²) in [7, 11) is 0. The van der Waals surface area contributed by atoms with Crippen LogP contribution in [0.2, 0.25) is 0 Å². The number of hydrogen-bond donors (Lipinski definition) is 2. The highest BCUT2D eigenvalue weighted by Crippen LogP contribution is 2.34.